The SMILES string of the molecule is COC(=O)[C@H]1O[C@@H](O[C@H]2O[C@@H]3O[C@@]4(C)CC[C@H]5[C@H](C)CC[C@@H]([C@H]2C)[C@@]35OO4)[C@H](OC(C)=O)[C@@H](OC(C)=O)[C@@H]1OC(C)=O. The van der Waals surface area contributed by atoms with Crippen LogP contribution in [0.15, 0.2) is 0 Å². The standard InChI is InChI=1S/C28H40O14/c1-12-8-9-18-13(2)24(39-26-28(18)17(12)10-11-27(6,40-26)41-42-28)38-25-22(36-16(5)31)20(35-15(4)30)19(34-14(3)29)21(37-25)23(32)33-7/h12-13,17-22,24-26H,8-11H2,1-7H3/t12-,13-,17+,18+,19+,20+,21+,22-,24+,25+,26-,27-,28-/m1/s1. The van der Waals surface area contributed by atoms with Crippen molar-refractivity contribution in [1.29, 1.82) is 0 Å². The summed E-state index contributed by atoms with van der Waals surface area (Å²) >= 11 is 0. The maximum absolute atomic E-state index is 12.8. The molecule has 5 saturated heterocycles. The largest absolute Gasteiger partial charge is 0.467 e. The Morgan fingerprint density at radius 1 is 0.762 bits per heavy atom. The van der Waals surface area contributed by atoms with Gasteiger partial charge in [-0.2, -0.15) is 0 Å². The number of esters is 4. The van der Waals surface area contributed by atoms with Crippen molar-refractivity contribution in [1.82, 2.24) is 0 Å². The molecule has 5 aliphatic heterocycles. The molecule has 1 spiro atoms. The second kappa shape index (κ2) is 11.6. The Morgan fingerprint density at radius 3 is 2.05 bits per heavy atom. The predicted octanol–water partition coefficient (Wildman–Crippen LogP) is 1.90. The van der Waals surface area contributed by atoms with Gasteiger partial charge in [0.15, 0.2) is 42.6 Å². The first kappa shape index (κ1) is 31.1. The molecule has 6 rings (SSSR count). The van der Waals surface area contributed by atoms with Crippen molar-refractivity contribution in [2.24, 2.45) is 23.7 Å². The van der Waals surface area contributed by atoms with Crippen LogP contribution in [0.25, 0.3) is 0 Å². The number of hydrogen-bond acceptors (Lipinski definition) is 14. The van der Waals surface area contributed by atoms with Gasteiger partial charge in [-0.25, -0.2) is 14.6 Å². The van der Waals surface area contributed by atoms with Crippen molar-refractivity contribution in [2.75, 3.05) is 7.11 Å². The molecule has 42 heavy (non-hydrogen) atoms. The lowest BCUT2D eigenvalue weighted by molar-refractivity contribution is -0.579. The molecule has 6 aliphatic rings. The molecule has 14 nitrogen and oxygen atoms in total. The van der Waals surface area contributed by atoms with Gasteiger partial charge < -0.3 is 37.9 Å². The molecule has 0 aromatic rings. The molecule has 0 N–H and O–H groups in total. The summed E-state index contributed by atoms with van der Waals surface area (Å²) in [6, 6.07) is 0. The van der Waals surface area contributed by atoms with Crippen molar-refractivity contribution in [3.63, 3.8) is 0 Å². The number of methoxy groups -OCH3 is 1. The fourth-order valence-electron chi connectivity index (χ4n) is 7.35. The van der Waals surface area contributed by atoms with Crippen molar-refractivity contribution in [3.05, 3.63) is 0 Å². The second-order valence-corrected chi connectivity index (χ2v) is 12.1. The van der Waals surface area contributed by atoms with Crippen LogP contribution in [0, 0.1) is 23.7 Å². The topological polar surface area (TPSA) is 161 Å². The van der Waals surface area contributed by atoms with E-state index in [0.29, 0.717) is 12.3 Å². The molecule has 1 aliphatic carbocycles. The van der Waals surface area contributed by atoms with Crippen LogP contribution in [-0.4, -0.2) is 85.7 Å². The van der Waals surface area contributed by atoms with Crippen LogP contribution in [0.4, 0.5) is 0 Å². The van der Waals surface area contributed by atoms with E-state index < -0.39 is 78.6 Å². The minimum absolute atomic E-state index is 0.102. The Morgan fingerprint density at radius 2 is 1.40 bits per heavy atom. The van der Waals surface area contributed by atoms with Crippen LogP contribution in [0.5, 0.6) is 0 Å². The monoisotopic (exact) mass is 600 g/mol. The lowest BCUT2D eigenvalue weighted by Crippen LogP contribution is -2.71. The van der Waals surface area contributed by atoms with Crippen LogP contribution in [-0.2, 0) is 66.8 Å². The van der Waals surface area contributed by atoms with Gasteiger partial charge in [0.05, 0.1) is 7.11 Å². The van der Waals surface area contributed by atoms with Gasteiger partial charge in [0, 0.05) is 39.0 Å². The normalized spacial score (nSPS) is 46.0. The zero-order chi connectivity index (χ0) is 30.6. The van der Waals surface area contributed by atoms with E-state index in [2.05, 4.69) is 6.92 Å². The molecular weight excluding hydrogens is 560 g/mol. The number of ether oxygens (including phenoxy) is 8. The molecular formula is C28H40O14. The highest BCUT2D eigenvalue weighted by molar-refractivity contribution is 5.77. The van der Waals surface area contributed by atoms with Crippen molar-refractivity contribution in [2.45, 2.75) is 122 Å². The van der Waals surface area contributed by atoms with Crippen molar-refractivity contribution >= 4 is 23.9 Å². The molecule has 14 heteroatoms. The molecule has 0 amide bonds. The summed E-state index contributed by atoms with van der Waals surface area (Å²) < 4.78 is 46.3. The van der Waals surface area contributed by atoms with Gasteiger partial charge >= 0.3 is 23.9 Å². The minimum atomic E-state index is -1.58. The van der Waals surface area contributed by atoms with Crippen molar-refractivity contribution in [3.8, 4) is 0 Å². The van der Waals surface area contributed by atoms with Crippen molar-refractivity contribution < 1.29 is 66.8 Å². The Labute approximate surface area is 243 Å². The molecule has 0 unspecified atom stereocenters. The van der Waals surface area contributed by atoms with Gasteiger partial charge in [-0.3, -0.25) is 14.4 Å². The average molecular weight is 601 g/mol. The summed E-state index contributed by atoms with van der Waals surface area (Å²) in [5.74, 6) is -4.19. The van der Waals surface area contributed by atoms with E-state index in [1.807, 2.05) is 6.92 Å². The Bertz CT molecular complexity index is 1080. The third-order valence-corrected chi connectivity index (χ3v) is 9.20. The molecule has 236 valence electrons. The van der Waals surface area contributed by atoms with Crippen LogP contribution in [0.2, 0.25) is 0 Å². The summed E-state index contributed by atoms with van der Waals surface area (Å²) in [6.45, 7) is 9.33. The Hall–Kier alpha value is -2.36. The molecule has 6 fully saturated rings. The number of rotatable bonds is 6. The number of hydrogen-bond donors (Lipinski definition) is 0. The highest BCUT2D eigenvalue weighted by Crippen LogP contribution is 2.60. The van der Waals surface area contributed by atoms with Crippen LogP contribution in [0.3, 0.4) is 0 Å². The maximum Gasteiger partial charge on any atom is 0.339 e. The van der Waals surface area contributed by atoms with Gasteiger partial charge in [-0.05, 0) is 38.0 Å². The van der Waals surface area contributed by atoms with Gasteiger partial charge in [-0.15, -0.1) is 0 Å². The molecule has 1 saturated carbocycles. The summed E-state index contributed by atoms with van der Waals surface area (Å²) in [5.41, 5.74) is -0.856. The quantitative estimate of drug-likeness (QED) is 0.247. The zero-order valence-corrected chi connectivity index (χ0v) is 24.9. The molecule has 0 radical (unpaired) electrons. The van der Waals surface area contributed by atoms with E-state index in [4.69, 9.17) is 47.7 Å². The first-order valence-electron chi connectivity index (χ1n) is 14.4. The first-order chi connectivity index (χ1) is 19.8. The zero-order valence-electron chi connectivity index (χ0n) is 24.9. The summed E-state index contributed by atoms with van der Waals surface area (Å²) in [4.78, 5) is 61.2. The van der Waals surface area contributed by atoms with E-state index in [1.165, 1.54) is 0 Å². The van der Waals surface area contributed by atoms with Crippen LogP contribution in [0.1, 0.15) is 67.2 Å². The fourth-order valence-corrected chi connectivity index (χ4v) is 7.35. The fraction of sp³-hybridized carbons (Fsp3) is 0.857. The number of fused-ring (bicyclic) bond motifs is 2. The van der Waals surface area contributed by atoms with E-state index in [-0.39, 0.29) is 17.8 Å². The van der Waals surface area contributed by atoms with E-state index in [1.54, 1.807) is 6.92 Å². The average Bonchev–Trinajstić information content (AvgIpc) is 3.14. The van der Waals surface area contributed by atoms with E-state index in [0.717, 1.165) is 47.1 Å². The predicted molar refractivity (Wildman–Crippen MR) is 135 cm³/mol. The molecule has 5 heterocycles. The summed E-state index contributed by atoms with van der Waals surface area (Å²) in [5, 5.41) is 0. The van der Waals surface area contributed by atoms with Crippen LogP contribution < -0.4 is 0 Å². The van der Waals surface area contributed by atoms with E-state index >= 15 is 0 Å². The van der Waals surface area contributed by atoms with Crippen LogP contribution >= 0.6 is 0 Å². The summed E-state index contributed by atoms with van der Waals surface area (Å²) in [6.07, 6.45) is -6.10. The third kappa shape index (κ3) is 5.41. The number of carbonyl (C=O) groups excluding carboxylic acids is 4. The van der Waals surface area contributed by atoms with Gasteiger partial charge in [0.2, 0.25) is 12.1 Å². The highest BCUT2D eigenvalue weighted by Gasteiger charge is 2.70. The molecule has 0 aromatic heterocycles. The molecule has 2 bridgehead atoms. The maximum atomic E-state index is 12.8. The summed E-state index contributed by atoms with van der Waals surface area (Å²) in [7, 11) is 1.12. The second-order valence-electron chi connectivity index (χ2n) is 12.1. The van der Waals surface area contributed by atoms with Gasteiger partial charge in [0.1, 0.15) is 0 Å². The number of carbonyl (C=O) groups is 4. The molecule has 13 atom stereocenters. The lowest BCUT2D eigenvalue weighted by Gasteiger charge is -2.60. The van der Waals surface area contributed by atoms with Gasteiger partial charge in [-0.1, -0.05) is 13.8 Å². The van der Waals surface area contributed by atoms with Gasteiger partial charge in [0.25, 0.3) is 0 Å². The molecule has 0 aromatic carbocycles. The first-order valence-corrected chi connectivity index (χ1v) is 14.4. The lowest BCUT2D eigenvalue weighted by atomic mass is 9.58. The minimum Gasteiger partial charge on any atom is -0.467 e. The third-order valence-electron chi connectivity index (χ3n) is 9.20. The highest BCUT2D eigenvalue weighted by atomic mass is 17.3. The smallest absolute Gasteiger partial charge is 0.339 e. The van der Waals surface area contributed by atoms with E-state index in [9.17, 15) is 19.2 Å². The Kier molecular flexibility index (Phi) is 8.60. The Balaban J connectivity index is 1.49.